The zero-order chi connectivity index (χ0) is 25.5. The van der Waals surface area contributed by atoms with Crippen molar-refractivity contribution < 1.29 is 4.79 Å². The van der Waals surface area contributed by atoms with Gasteiger partial charge in [-0.1, -0.05) is 154 Å². The molecule has 1 radical (unpaired) electrons. The molecule has 0 aliphatic carbocycles. The molecule has 0 fully saturated rings. The van der Waals surface area contributed by atoms with Crippen molar-refractivity contribution in [2.75, 3.05) is 0 Å². The van der Waals surface area contributed by atoms with Crippen LogP contribution in [-0.4, -0.2) is 5.78 Å². The van der Waals surface area contributed by atoms with Crippen LogP contribution < -0.4 is 0 Å². The van der Waals surface area contributed by atoms with Gasteiger partial charge in [0, 0.05) is 12.8 Å². The second-order valence-corrected chi connectivity index (χ2v) is 11.0. The first kappa shape index (κ1) is 34.4. The van der Waals surface area contributed by atoms with Crippen molar-refractivity contribution in [1.29, 1.82) is 0 Å². The van der Waals surface area contributed by atoms with Crippen LogP contribution in [0.5, 0.6) is 0 Å². The Kier molecular flexibility index (Phi) is 30.9. The van der Waals surface area contributed by atoms with E-state index < -0.39 is 0 Å². The summed E-state index contributed by atoms with van der Waals surface area (Å²) in [5, 5.41) is 0. The van der Waals surface area contributed by atoms with Gasteiger partial charge < -0.3 is 0 Å². The lowest BCUT2D eigenvalue weighted by Gasteiger charge is -2.04. The Morgan fingerprint density at radius 2 is 0.771 bits per heavy atom. The quantitative estimate of drug-likeness (QED) is 0.0724. The van der Waals surface area contributed by atoms with E-state index >= 15 is 0 Å². The van der Waals surface area contributed by atoms with Crippen LogP contribution in [0.4, 0.5) is 0 Å². The molecule has 0 saturated carbocycles. The standard InChI is InChI=1S/C34H65O/c1-3-5-7-9-11-13-15-17-18-19-21-23-25-27-29-31-33-34(35)32-30-28-26-24-22-20-16-14-12-10-8-6-4-2/h17-18,31H,3-16,19-30,32-33H2,1-2H3/b18-17-. The van der Waals surface area contributed by atoms with Gasteiger partial charge in [0.25, 0.3) is 0 Å². The van der Waals surface area contributed by atoms with Crippen LogP contribution in [0.25, 0.3) is 0 Å². The SMILES string of the molecule is CCCCCCCC/C=C\CCCCCC[CH]CC(=O)CCCCCCCCCCCCCCC. The van der Waals surface area contributed by atoms with Gasteiger partial charge in [-0.15, -0.1) is 0 Å². The summed E-state index contributed by atoms with van der Waals surface area (Å²) >= 11 is 0. The predicted molar refractivity (Wildman–Crippen MR) is 159 cm³/mol. The molecular formula is C34H65O. The number of allylic oxidation sites excluding steroid dienone is 2. The number of hydrogen-bond acceptors (Lipinski definition) is 1. The molecule has 207 valence electrons. The van der Waals surface area contributed by atoms with Crippen molar-refractivity contribution in [3.63, 3.8) is 0 Å². The van der Waals surface area contributed by atoms with Gasteiger partial charge >= 0.3 is 0 Å². The molecule has 0 unspecified atom stereocenters. The topological polar surface area (TPSA) is 17.1 Å². The van der Waals surface area contributed by atoms with E-state index in [-0.39, 0.29) is 0 Å². The number of carbonyl (C=O) groups is 1. The summed E-state index contributed by atoms with van der Waals surface area (Å²) in [6, 6.07) is 0. The molecule has 0 N–H and O–H groups in total. The van der Waals surface area contributed by atoms with Crippen molar-refractivity contribution in [3.05, 3.63) is 18.6 Å². The molecule has 0 spiro atoms. The van der Waals surface area contributed by atoms with Gasteiger partial charge in [0.05, 0.1) is 0 Å². The molecule has 0 aliphatic heterocycles. The number of hydrogen-bond donors (Lipinski definition) is 0. The van der Waals surface area contributed by atoms with E-state index in [1.807, 2.05) is 0 Å². The van der Waals surface area contributed by atoms with Gasteiger partial charge in [-0.3, -0.25) is 4.79 Å². The number of Topliss-reactive ketones (excluding diaryl/α,β-unsaturated/α-hetero) is 1. The van der Waals surface area contributed by atoms with Crippen molar-refractivity contribution in [3.8, 4) is 0 Å². The molecule has 0 bridgehead atoms. The highest BCUT2D eigenvalue weighted by Gasteiger charge is 2.02. The third kappa shape index (κ3) is 31.4. The average Bonchev–Trinajstić information content (AvgIpc) is 2.86. The number of unbranched alkanes of at least 4 members (excludes halogenated alkanes) is 24. The minimum absolute atomic E-state index is 0.462. The van der Waals surface area contributed by atoms with Gasteiger partial charge in [0.1, 0.15) is 5.78 Å². The zero-order valence-electron chi connectivity index (χ0n) is 24.4. The Balaban J connectivity index is 3.19. The minimum Gasteiger partial charge on any atom is -0.300 e. The van der Waals surface area contributed by atoms with E-state index in [1.54, 1.807) is 0 Å². The highest BCUT2D eigenvalue weighted by molar-refractivity contribution is 5.79. The molecule has 0 amide bonds. The third-order valence-electron chi connectivity index (χ3n) is 7.35. The summed E-state index contributed by atoms with van der Waals surface area (Å²) in [6.07, 6.45) is 43.6. The van der Waals surface area contributed by atoms with Gasteiger partial charge in [0.15, 0.2) is 0 Å². The van der Waals surface area contributed by atoms with Crippen molar-refractivity contribution >= 4 is 5.78 Å². The molecule has 0 rings (SSSR count). The second-order valence-electron chi connectivity index (χ2n) is 11.0. The summed E-state index contributed by atoms with van der Waals surface area (Å²) in [5.41, 5.74) is 0. The van der Waals surface area contributed by atoms with Crippen LogP contribution in [-0.2, 0) is 4.79 Å². The number of rotatable bonds is 30. The van der Waals surface area contributed by atoms with E-state index in [4.69, 9.17) is 0 Å². The fourth-order valence-electron chi connectivity index (χ4n) is 4.89. The van der Waals surface area contributed by atoms with Crippen molar-refractivity contribution in [2.24, 2.45) is 0 Å². The maximum atomic E-state index is 12.1. The van der Waals surface area contributed by atoms with Gasteiger partial charge in [-0.25, -0.2) is 0 Å². The lowest BCUT2D eigenvalue weighted by molar-refractivity contribution is -0.118. The maximum absolute atomic E-state index is 12.1. The van der Waals surface area contributed by atoms with Crippen LogP contribution in [0.15, 0.2) is 12.2 Å². The van der Waals surface area contributed by atoms with Crippen LogP contribution in [0, 0.1) is 6.42 Å². The van der Waals surface area contributed by atoms with E-state index in [2.05, 4.69) is 32.4 Å². The van der Waals surface area contributed by atoms with Crippen LogP contribution in [0.2, 0.25) is 0 Å². The Morgan fingerprint density at radius 3 is 1.20 bits per heavy atom. The first-order valence-corrected chi connectivity index (χ1v) is 16.3. The fourth-order valence-corrected chi connectivity index (χ4v) is 4.89. The van der Waals surface area contributed by atoms with Crippen molar-refractivity contribution in [2.45, 2.75) is 194 Å². The molecule has 0 saturated heterocycles. The monoisotopic (exact) mass is 490 g/mol. The molecule has 0 atom stereocenters. The summed E-state index contributed by atoms with van der Waals surface area (Å²) in [4.78, 5) is 12.1. The van der Waals surface area contributed by atoms with Gasteiger partial charge in [-0.05, 0) is 44.9 Å². The Labute approximate surface area is 222 Å². The number of ketones is 1. The summed E-state index contributed by atoms with van der Waals surface area (Å²) in [7, 11) is 0. The minimum atomic E-state index is 0.462. The summed E-state index contributed by atoms with van der Waals surface area (Å²) in [6.45, 7) is 4.57. The maximum Gasteiger partial charge on any atom is 0.133 e. The van der Waals surface area contributed by atoms with Crippen LogP contribution in [0.1, 0.15) is 194 Å². The molecule has 0 aliphatic rings. The molecule has 1 nitrogen and oxygen atoms in total. The van der Waals surface area contributed by atoms with E-state index in [9.17, 15) is 4.79 Å². The molecule has 35 heavy (non-hydrogen) atoms. The first-order valence-electron chi connectivity index (χ1n) is 16.3. The fraction of sp³-hybridized carbons (Fsp3) is 0.882. The van der Waals surface area contributed by atoms with Crippen LogP contribution in [0.3, 0.4) is 0 Å². The van der Waals surface area contributed by atoms with E-state index in [0.29, 0.717) is 12.2 Å². The smallest absolute Gasteiger partial charge is 0.133 e. The Bertz CT molecular complexity index is 424. The normalized spacial score (nSPS) is 11.6. The molecule has 0 aromatic rings. The molecular weight excluding hydrogens is 424 g/mol. The Hall–Kier alpha value is -0.590. The second kappa shape index (κ2) is 31.4. The summed E-state index contributed by atoms with van der Waals surface area (Å²) < 4.78 is 0. The highest BCUT2D eigenvalue weighted by atomic mass is 16.1. The molecule has 0 aromatic carbocycles. The summed E-state index contributed by atoms with van der Waals surface area (Å²) in [5.74, 6) is 0.462. The number of carbonyl (C=O) groups excluding carboxylic acids is 1. The van der Waals surface area contributed by atoms with E-state index in [0.717, 1.165) is 19.3 Å². The largest absolute Gasteiger partial charge is 0.300 e. The Morgan fingerprint density at radius 1 is 0.429 bits per heavy atom. The van der Waals surface area contributed by atoms with Gasteiger partial charge in [-0.2, -0.15) is 0 Å². The highest BCUT2D eigenvalue weighted by Crippen LogP contribution is 2.14. The third-order valence-corrected chi connectivity index (χ3v) is 7.35. The lowest BCUT2D eigenvalue weighted by atomic mass is 10.0. The molecule has 0 heterocycles. The lowest BCUT2D eigenvalue weighted by Crippen LogP contribution is -1.98. The van der Waals surface area contributed by atoms with Gasteiger partial charge in [0.2, 0.25) is 0 Å². The first-order chi connectivity index (χ1) is 17.3. The van der Waals surface area contributed by atoms with E-state index in [1.165, 1.54) is 154 Å². The predicted octanol–water partition coefficient (Wildman–Crippen LogP) is 12.3. The van der Waals surface area contributed by atoms with Crippen molar-refractivity contribution in [1.82, 2.24) is 0 Å². The van der Waals surface area contributed by atoms with Crippen LogP contribution >= 0.6 is 0 Å². The zero-order valence-corrected chi connectivity index (χ0v) is 24.4. The molecule has 0 aromatic heterocycles. The molecule has 1 heteroatoms. The average molecular weight is 490 g/mol.